The highest BCUT2D eigenvalue weighted by Gasteiger charge is 2.10. The summed E-state index contributed by atoms with van der Waals surface area (Å²) in [4.78, 5) is 0. The van der Waals surface area contributed by atoms with Gasteiger partial charge in [0, 0.05) is 18.7 Å². The Balaban J connectivity index is 1.32. The minimum atomic E-state index is -0.710. The van der Waals surface area contributed by atoms with E-state index in [9.17, 15) is 20.4 Å². The zero-order valence-corrected chi connectivity index (χ0v) is 19.5. The maximum Gasteiger partial charge on any atom is 0.121 e. The third-order valence-corrected chi connectivity index (χ3v) is 5.76. The zero-order chi connectivity index (χ0) is 24.2. The van der Waals surface area contributed by atoms with Gasteiger partial charge in [-0.15, -0.1) is 0 Å². The van der Waals surface area contributed by atoms with E-state index in [0.717, 1.165) is 43.4 Å². The molecule has 0 spiro atoms. The molecule has 6 heteroatoms. The zero-order valence-electron chi connectivity index (χ0n) is 19.5. The number of phenols is 2. The molecule has 0 aliphatic heterocycles. The Labute approximate surface area is 201 Å². The number of aliphatic hydroxyl groups is 2. The van der Waals surface area contributed by atoms with Crippen LogP contribution in [0, 0.1) is 0 Å². The summed E-state index contributed by atoms with van der Waals surface area (Å²) in [6.45, 7) is 2.14. The molecule has 34 heavy (non-hydrogen) atoms. The van der Waals surface area contributed by atoms with E-state index in [4.69, 9.17) is 4.74 Å². The third-order valence-electron chi connectivity index (χ3n) is 5.76. The number of aryl methyl sites for hydroxylation is 1. The number of hydrogen-bond donors (Lipinski definition) is 5. The molecule has 0 amide bonds. The van der Waals surface area contributed by atoms with Crippen molar-refractivity contribution in [3.63, 3.8) is 0 Å². The van der Waals surface area contributed by atoms with E-state index in [1.54, 1.807) is 18.2 Å². The molecule has 0 fully saturated rings. The fourth-order valence-electron chi connectivity index (χ4n) is 3.84. The molecule has 1 atom stereocenters. The van der Waals surface area contributed by atoms with E-state index in [1.165, 1.54) is 11.6 Å². The third kappa shape index (κ3) is 8.47. The second-order valence-corrected chi connectivity index (χ2v) is 8.52. The van der Waals surface area contributed by atoms with Crippen LogP contribution >= 0.6 is 0 Å². The minimum absolute atomic E-state index is 0.0311. The van der Waals surface area contributed by atoms with Gasteiger partial charge in [0.1, 0.15) is 11.5 Å². The fourth-order valence-corrected chi connectivity index (χ4v) is 3.84. The Morgan fingerprint density at radius 2 is 1.59 bits per heavy atom. The first kappa shape index (κ1) is 25.7. The number of rotatable bonds is 14. The molecule has 0 aliphatic rings. The van der Waals surface area contributed by atoms with Gasteiger partial charge in [0.25, 0.3) is 0 Å². The summed E-state index contributed by atoms with van der Waals surface area (Å²) in [7, 11) is 0. The number of unbranched alkanes of at least 4 members (excludes halogenated alkanes) is 1. The Bertz CT molecular complexity index is 1020. The van der Waals surface area contributed by atoms with Crippen LogP contribution in [-0.4, -0.2) is 40.1 Å². The predicted octanol–water partition coefficient (Wildman–Crippen LogP) is 4.00. The molecule has 6 nitrogen and oxygen atoms in total. The van der Waals surface area contributed by atoms with Crippen LogP contribution in [0.2, 0.25) is 0 Å². The van der Waals surface area contributed by atoms with Gasteiger partial charge in [-0.05, 0) is 78.7 Å². The standard InChI is InChI=1S/C28H35NO5/c30-19-25-17-24(10-11-27(25)32)28(33)18-29-13-12-22-6-3-8-23(15-22)20-34-14-2-1-5-21-7-4-9-26(31)16-21/h3-4,6-11,15-17,28-33H,1-2,5,12-14,18-20H2. The summed E-state index contributed by atoms with van der Waals surface area (Å²) in [5.41, 5.74) is 4.57. The molecule has 0 bridgehead atoms. The summed E-state index contributed by atoms with van der Waals surface area (Å²) in [6.07, 6.45) is 3.06. The second-order valence-electron chi connectivity index (χ2n) is 8.52. The largest absolute Gasteiger partial charge is 0.508 e. The lowest BCUT2D eigenvalue weighted by Gasteiger charge is -2.14. The first-order valence-electron chi connectivity index (χ1n) is 11.8. The molecular formula is C28H35NO5. The van der Waals surface area contributed by atoms with E-state index in [0.29, 0.717) is 36.6 Å². The van der Waals surface area contributed by atoms with Gasteiger partial charge < -0.3 is 30.5 Å². The van der Waals surface area contributed by atoms with Gasteiger partial charge in [-0.1, -0.05) is 42.5 Å². The number of phenolic OH excluding ortho intramolecular Hbond substituents is 1. The Kier molecular flexibility index (Phi) is 10.4. The van der Waals surface area contributed by atoms with Crippen LogP contribution in [0.15, 0.2) is 66.7 Å². The van der Waals surface area contributed by atoms with Crippen LogP contribution < -0.4 is 5.32 Å². The summed E-state index contributed by atoms with van der Waals surface area (Å²) >= 11 is 0. The Morgan fingerprint density at radius 1 is 0.824 bits per heavy atom. The van der Waals surface area contributed by atoms with Crippen molar-refractivity contribution in [1.29, 1.82) is 0 Å². The van der Waals surface area contributed by atoms with E-state index >= 15 is 0 Å². The molecule has 3 aromatic carbocycles. The van der Waals surface area contributed by atoms with Gasteiger partial charge in [0.15, 0.2) is 0 Å². The molecule has 0 saturated carbocycles. The maximum absolute atomic E-state index is 10.4. The quantitative estimate of drug-likeness (QED) is 0.231. The van der Waals surface area contributed by atoms with Crippen molar-refractivity contribution in [2.45, 2.75) is 45.0 Å². The van der Waals surface area contributed by atoms with Gasteiger partial charge in [-0.25, -0.2) is 0 Å². The second kappa shape index (κ2) is 13.7. The molecule has 5 N–H and O–H groups in total. The lowest BCUT2D eigenvalue weighted by Crippen LogP contribution is -2.23. The van der Waals surface area contributed by atoms with Crippen molar-refractivity contribution in [2.75, 3.05) is 19.7 Å². The van der Waals surface area contributed by atoms with Crippen LogP contribution in [0.3, 0.4) is 0 Å². The number of benzene rings is 3. The number of ether oxygens (including phenoxy) is 1. The first-order chi connectivity index (χ1) is 16.5. The van der Waals surface area contributed by atoms with Gasteiger partial charge in [-0.3, -0.25) is 0 Å². The summed E-state index contributed by atoms with van der Waals surface area (Å²) < 4.78 is 5.84. The number of aromatic hydroxyl groups is 2. The fraction of sp³-hybridized carbons (Fsp3) is 0.357. The monoisotopic (exact) mass is 465 g/mol. The van der Waals surface area contributed by atoms with Gasteiger partial charge in [-0.2, -0.15) is 0 Å². The smallest absolute Gasteiger partial charge is 0.121 e. The van der Waals surface area contributed by atoms with Crippen LogP contribution in [0.5, 0.6) is 11.5 Å². The Hall–Kier alpha value is -2.90. The molecule has 0 radical (unpaired) electrons. The summed E-state index contributed by atoms with van der Waals surface area (Å²) in [5, 5.41) is 42.0. The molecule has 3 rings (SSSR count). The molecule has 3 aromatic rings. The SMILES string of the molecule is OCc1cc(C(O)CNCCc2cccc(COCCCCc3cccc(O)c3)c2)ccc1O. The minimum Gasteiger partial charge on any atom is -0.508 e. The molecule has 182 valence electrons. The average Bonchev–Trinajstić information content (AvgIpc) is 2.84. The average molecular weight is 466 g/mol. The van der Waals surface area contributed by atoms with Crippen molar-refractivity contribution in [1.82, 2.24) is 5.32 Å². The van der Waals surface area contributed by atoms with Crippen molar-refractivity contribution in [3.05, 3.63) is 94.5 Å². The van der Waals surface area contributed by atoms with Gasteiger partial charge >= 0.3 is 0 Å². The van der Waals surface area contributed by atoms with E-state index < -0.39 is 6.10 Å². The normalized spacial score (nSPS) is 12.1. The predicted molar refractivity (Wildman–Crippen MR) is 133 cm³/mol. The molecule has 0 aliphatic carbocycles. The highest BCUT2D eigenvalue weighted by Crippen LogP contribution is 2.22. The molecule has 0 aromatic heterocycles. The molecule has 0 heterocycles. The highest BCUT2D eigenvalue weighted by molar-refractivity contribution is 5.36. The number of hydrogen-bond acceptors (Lipinski definition) is 6. The Morgan fingerprint density at radius 3 is 2.38 bits per heavy atom. The summed E-state index contributed by atoms with van der Waals surface area (Å²) in [5.74, 6) is 0.345. The molecule has 0 saturated heterocycles. The van der Waals surface area contributed by atoms with E-state index in [-0.39, 0.29) is 12.4 Å². The number of nitrogens with one attached hydrogen (secondary N) is 1. The van der Waals surface area contributed by atoms with Crippen LogP contribution in [-0.2, 0) is 30.8 Å². The lowest BCUT2D eigenvalue weighted by molar-refractivity contribution is 0.117. The van der Waals surface area contributed by atoms with Crippen LogP contribution in [0.1, 0.15) is 46.8 Å². The van der Waals surface area contributed by atoms with Gasteiger partial charge in [0.05, 0.1) is 19.3 Å². The molecule has 1 unspecified atom stereocenters. The van der Waals surface area contributed by atoms with Crippen molar-refractivity contribution in [3.8, 4) is 11.5 Å². The first-order valence-corrected chi connectivity index (χ1v) is 11.8. The van der Waals surface area contributed by atoms with Crippen molar-refractivity contribution >= 4 is 0 Å². The van der Waals surface area contributed by atoms with E-state index in [1.807, 2.05) is 24.3 Å². The van der Waals surface area contributed by atoms with E-state index in [2.05, 4.69) is 23.5 Å². The number of aliphatic hydroxyl groups excluding tert-OH is 2. The highest BCUT2D eigenvalue weighted by atomic mass is 16.5. The molecular weight excluding hydrogens is 430 g/mol. The van der Waals surface area contributed by atoms with Crippen molar-refractivity contribution < 1.29 is 25.2 Å². The van der Waals surface area contributed by atoms with Crippen LogP contribution in [0.4, 0.5) is 0 Å². The van der Waals surface area contributed by atoms with Gasteiger partial charge in [0.2, 0.25) is 0 Å². The topological polar surface area (TPSA) is 102 Å². The lowest BCUT2D eigenvalue weighted by atomic mass is 10.0. The summed E-state index contributed by atoms with van der Waals surface area (Å²) in [6, 6.07) is 20.5. The maximum atomic E-state index is 10.4. The van der Waals surface area contributed by atoms with Crippen LogP contribution in [0.25, 0.3) is 0 Å². The van der Waals surface area contributed by atoms with Crippen molar-refractivity contribution in [2.24, 2.45) is 0 Å².